The maximum Gasteiger partial charge on any atom is 0.416 e. The molecule has 3 nitrogen and oxygen atoms in total. The van der Waals surface area contributed by atoms with E-state index in [1.54, 1.807) is 6.20 Å². The van der Waals surface area contributed by atoms with Crippen LogP contribution >= 0.6 is 0 Å². The van der Waals surface area contributed by atoms with Crippen molar-refractivity contribution in [2.75, 3.05) is 11.9 Å². The number of nitrogens with one attached hydrogen (secondary N) is 1. The minimum atomic E-state index is -4.33. The van der Waals surface area contributed by atoms with E-state index in [0.29, 0.717) is 5.75 Å². The van der Waals surface area contributed by atoms with Gasteiger partial charge in [-0.05, 0) is 37.3 Å². The molecule has 0 spiro atoms. The van der Waals surface area contributed by atoms with E-state index in [1.165, 1.54) is 12.1 Å². The first kappa shape index (κ1) is 15.2. The van der Waals surface area contributed by atoms with Crippen molar-refractivity contribution >= 4 is 5.82 Å². The zero-order valence-corrected chi connectivity index (χ0v) is 11.4. The highest BCUT2D eigenvalue weighted by molar-refractivity contribution is 5.35. The molecule has 6 heteroatoms. The van der Waals surface area contributed by atoms with Crippen molar-refractivity contribution in [1.82, 2.24) is 4.98 Å². The van der Waals surface area contributed by atoms with Crippen LogP contribution in [-0.2, 0) is 12.8 Å². The zero-order chi connectivity index (χ0) is 15.3. The van der Waals surface area contributed by atoms with Crippen molar-refractivity contribution in [3.63, 3.8) is 0 Å². The first-order valence-corrected chi connectivity index (χ1v) is 6.48. The minimum absolute atomic E-state index is 0.255. The topological polar surface area (TPSA) is 34.1 Å². The molecule has 0 bridgehead atoms. The van der Waals surface area contributed by atoms with Crippen molar-refractivity contribution in [3.05, 3.63) is 53.7 Å². The Balaban J connectivity index is 1.93. The quantitative estimate of drug-likeness (QED) is 0.901. The molecular weight excluding hydrogens is 281 g/mol. The smallest absolute Gasteiger partial charge is 0.416 e. The lowest BCUT2D eigenvalue weighted by atomic mass is 10.2. The molecule has 1 aromatic heterocycles. The van der Waals surface area contributed by atoms with Gasteiger partial charge in [0.2, 0.25) is 0 Å². The molecule has 0 amide bonds. The lowest BCUT2D eigenvalue weighted by Gasteiger charge is -2.09. The number of hydrogen-bond donors (Lipinski definition) is 1. The molecule has 1 aromatic carbocycles. The van der Waals surface area contributed by atoms with Crippen LogP contribution in [0.5, 0.6) is 5.75 Å². The van der Waals surface area contributed by atoms with E-state index in [-0.39, 0.29) is 6.61 Å². The number of pyridine rings is 1. The van der Waals surface area contributed by atoms with E-state index in [4.69, 9.17) is 4.74 Å². The van der Waals surface area contributed by atoms with Gasteiger partial charge in [-0.15, -0.1) is 0 Å². The summed E-state index contributed by atoms with van der Waals surface area (Å²) in [4.78, 5) is 4.19. The van der Waals surface area contributed by atoms with Gasteiger partial charge < -0.3 is 10.1 Å². The van der Waals surface area contributed by atoms with Crippen LogP contribution in [0, 0.1) is 0 Å². The molecule has 0 atom stereocenters. The van der Waals surface area contributed by atoms with Crippen LogP contribution in [-0.4, -0.2) is 11.5 Å². The number of halogens is 3. The number of hydrogen-bond acceptors (Lipinski definition) is 3. The van der Waals surface area contributed by atoms with Gasteiger partial charge in [0.05, 0.1) is 5.56 Å². The van der Waals surface area contributed by atoms with Crippen LogP contribution in [0.3, 0.4) is 0 Å². The second-order valence-corrected chi connectivity index (χ2v) is 4.39. The van der Waals surface area contributed by atoms with Crippen LogP contribution in [0.1, 0.15) is 18.1 Å². The Hall–Kier alpha value is -2.24. The van der Waals surface area contributed by atoms with Gasteiger partial charge in [0.25, 0.3) is 0 Å². The monoisotopic (exact) mass is 296 g/mol. The Morgan fingerprint density at radius 3 is 2.33 bits per heavy atom. The van der Waals surface area contributed by atoms with Gasteiger partial charge in [-0.1, -0.05) is 6.07 Å². The average molecular weight is 296 g/mol. The molecule has 0 fully saturated rings. The Kier molecular flexibility index (Phi) is 4.67. The predicted octanol–water partition coefficient (Wildman–Crippen LogP) is 4.11. The van der Waals surface area contributed by atoms with Crippen LogP contribution in [0.25, 0.3) is 0 Å². The van der Waals surface area contributed by atoms with Crippen LogP contribution in [0.15, 0.2) is 42.6 Å². The molecule has 0 saturated heterocycles. The van der Waals surface area contributed by atoms with E-state index >= 15 is 0 Å². The van der Waals surface area contributed by atoms with Gasteiger partial charge in [-0.2, -0.15) is 13.2 Å². The Labute approximate surface area is 120 Å². The van der Waals surface area contributed by atoms with Gasteiger partial charge >= 0.3 is 6.18 Å². The van der Waals surface area contributed by atoms with Crippen LogP contribution in [0.2, 0.25) is 0 Å². The minimum Gasteiger partial charge on any atom is -0.489 e. The SMILES string of the molecule is CCNc1ccc(COc2ccc(C(F)(F)F)cc2)cn1. The third-order valence-corrected chi connectivity index (χ3v) is 2.77. The number of benzene rings is 1. The lowest BCUT2D eigenvalue weighted by molar-refractivity contribution is -0.137. The first-order chi connectivity index (χ1) is 9.99. The van der Waals surface area contributed by atoms with Crippen LogP contribution < -0.4 is 10.1 Å². The summed E-state index contributed by atoms with van der Waals surface area (Å²) in [7, 11) is 0. The Morgan fingerprint density at radius 2 is 1.81 bits per heavy atom. The predicted molar refractivity (Wildman–Crippen MR) is 74.2 cm³/mol. The number of anilines is 1. The summed E-state index contributed by atoms with van der Waals surface area (Å²) in [5.41, 5.74) is 0.156. The number of alkyl halides is 3. The van der Waals surface area contributed by atoms with Gasteiger partial charge in [0, 0.05) is 18.3 Å². The van der Waals surface area contributed by atoms with Crippen LogP contribution in [0.4, 0.5) is 19.0 Å². The lowest BCUT2D eigenvalue weighted by Crippen LogP contribution is -2.04. The maximum absolute atomic E-state index is 12.4. The second kappa shape index (κ2) is 6.47. The Morgan fingerprint density at radius 1 is 1.10 bits per heavy atom. The molecule has 0 radical (unpaired) electrons. The van der Waals surface area contributed by atoms with E-state index in [1.807, 2.05) is 19.1 Å². The summed E-state index contributed by atoms with van der Waals surface area (Å²) in [5, 5.41) is 3.07. The molecule has 2 aromatic rings. The number of nitrogens with zero attached hydrogens (tertiary/aromatic N) is 1. The fraction of sp³-hybridized carbons (Fsp3) is 0.267. The maximum atomic E-state index is 12.4. The second-order valence-electron chi connectivity index (χ2n) is 4.39. The van der Waals surface area contributed by atoms with Crippen molar-refractivity contribution in [2.45, 2.75) is 19.7 Å². The van der Waals surface area contributed by atoms with Gasteiger partial charge in [0.1, 0.15) is 18.2 Å². The van der Waals surface area contributed by atoms with Crippen molar-refractivity contribution in [2.24, 2.45) is 0 Å². The van der Waals surface area contributed by atoms with Gasteiger partial charge in [-0.3, -0.25) is 0 Å². The molecule has 0 aliphatic rings. The summed E-state index contributed by atoms with van der Waals surface area (Å²) in [5.74, 6) is 1.16. The normalized spacial score (nSPS) is 11.2. The highest BCUT2D eigenvalue weighted by Gasteiger charge is 2.29. The van der Waals surface area contributed by atoms with E-state index < -0.39 is 11.7 Å². The van der Waals surface area contributed by atoms with Crippen molar-refractivity contribution in [1.29, 1.82) is 0 Å². The summed E-state index contributed by atoms with van der Waals surface area (Å²) < 4.78 is 42.7. The molecule has 2 rings (SSSR count). The van der Waals surface area contributed by atoms with Crippen molar-refractivity contribution < 1.29 is 17.9 Å². The first-order valence-electron chi connectivity index (χ1n) is 6.48. The molecule has 1 N–H and O–H groups in total. The fourth-order valence-corrected chi connectivity index (χ4v) is 1.70. The van der Waals surface area contributed by atoms with Gasteiger partial charge in [0.15, 0.2) is 0 Å². The summed E-state index contributed by atoms with van der Waals surface area (Å²) in [6, 6.07) is 8.31. The summed E-state index contributed by atoms with van der Waals surface area (Å²) >= 11 is 0. The molecule has 0 aliphatic heterocycles. The highest BCUT2D eigenvalue weighted by atomic mass is 19.4. The number of aromatic nitrogens is 1. The summed E-state index contributed by atoms with van der Waals surface area (Å²) in [6.07, 6.45) is -2.66. The van der Waals surface area contributed by atoms with E-state index in [2.05, 4.69) is 10.3 Å². The molecule has 0 unspecified atom stereocenters. The third kappa shape index (κ3) is 4.37. The molecule has 0 saturated carbocycles. The molecule has 112 valence electrons. The zero-order valence-electron chi connectivity index (χ0n) is 11.4. The highest BCUT2D eigenvalue weighted by Crippen LogP contribution is 2.30. The van der Waals surface area contributed by atoms with Gasteiger partial charge in [-0.25, -0.2) is 4.98 Å². The average Bonchev–Trinajstić information content (AvgIpc) is 2.46. The fourth-order valence-electron chi connectivity index (χ4n) is 1.70. The summed E-state index contributed by atoms with van der Waals surface area (Å²) in [6.45, 7) is 3.02. The largest absolute Gasteiger partial charge is 0.489 e. The number of rotatable bonds is 5. The standard InChI is InChI=1S/C15H15F3N2O/c1-2-19-14-8-3-11(9-20-14)10-21-13-6-4-12(5-7-13)15(16,17)18/h3-9H,2,10H2,1H3,(H,19,20). The van der Waals surface area contributed by atoms with E-state index in [0.717, 1.165) is 30.1 Å². The molecule has 1 heterocycles. The molecular formula is C15H15F3N2O. The number of ether oxygens (including phenoxy) is 1. The molecule has 21 heavy (non-hydrogen) atoms. The third-order valence-electron chi connectivity index (χ3n) is 2.77. The van der Waals surface area contributed by atoms with E-state index in [9.17, 15) is 13.2 Å². The molecule has 0 aliphatic carbocycles. The Bertz CT molecular complexity index is 565. The van der Waals surface area contributed by atoms with Crippen molar-refractivity contribution in [3.8, 4) is 5.75 Å².